The maximum atomic E-state index is 11.4. The van der Waals surface area contributed by atoms with E-state index in [4.69, 9.17) is 16.6 Å². The van der Waals surface area contributed by atoms with Gasteiger partial charge >= 0.3 is 0 Å². The fourth-order valence-electron chi connectivity index (χ4n) is 5.21. The van der Waals surface area contributed by atoms with Gasteiger partial charge in [-0.05, 0) is 37.8 Å². The molecule has 5 aromatic rings. The predicted octanol–water partition coefficient (Wildman–Crippen LogP) is 3.48. The molecular formula is C30H29ClN12O2. The molecule has 14 nitrogen and oxygen atoms in total. The molecule has 1 aliphatic heterocycles. The maximum Gasteiger partial charge on any atom is 0.170 e. The average Bonchev–Trinajstić information content (AvgIpc) is 3.99. The summed E-state index contributed by atoms with van der Waals surface area (Å²) in [5, 5.41) is 24.9. The molecule has 228 valence electrons. The summed E-state index contributed by atoms with van der Waals surface area (Å²) in [6.07, 6.45) is 10.9. The number of piperazine rings is 1. The smallest absolute Gasteiger partial charge is 0.170 e. The summed E-state index contributed by atoms with van der Waals surface area (Å²) in [5.74, 6) is 3.20. The number of nitriles is 1. The van der Waals surface area contributed by atoms with Crippen LogP contribution in [0.25, 0.3) is 11.3 Å². The Kier molecular flexibility index (Phi) is 7.60. The molecule has 0 bridgehead atoms. The molecule has 1 saturated heterocycles. The van der Waals surface area contributed by atoms with E-state index in [0.29, 0.717) is 45.2 Å². The first-order valence-corrected chi connectivity index (χ1v) is 15.1. The maximum absolute atomic E-state index is 11.4. The molecule has 6 heterocycles. The lowest BCUT2D eigenvalue weighted by atomic mass is 10.2. The van der Waals surface area contributed by atoms with E-state index in [1.165, 1.54) is 6.20 Å². The fraction of sp³-hybridized carbons (Fsp3) is 0.333. The number of fused-ring (bicyclic) bond motifs is 2. The first-order valence-electron chi connectivity index (χ1n) is 14.8. The number of aldehydes is 2. The van der Waals surface area contributed by atoms with E-state index in [9.17, 15) is 14.9 Å². The molecule has 0 spiro atoms. The molecule has 3 aliphatic rings. The van der Waals surface area contributed by atoms with E-state index < -0.39 is 0 Å². The quantitative estimate of drug-likeness (QED) is 0.191. The normalized spacial score (nSPS) is 16.2. The first-order chi connectivity index (χ1) is 22.0. The lowest BCUT2D eigenvalue weighted by molar-refractivity contribution is 0.111. The number of hydrogen-bond acceptors (Lipinski definition) is 12. The highest BCUT2D eigenvalue weighted by Gasteiger charge is 2.26. The first kappa shape index (κ1) is 28.5. The molecule has 5 aromatic heterocycles. The zero-order chi connectivity index (χ0) is 30.9. The van der Waals surface area contributed by atoms with Crippen LogP contribution in [0, 0.1) is 11.3 Å². The third-order valence-electron chi connectivity index (χ3n) is 7.88. The van der Waals surface area contributed by atoms with Gasteiger partial charge in [-0.15, -0.1) is 0 Å². The van der Waals surface area contributed by atoms with E-state index in [1.54, 1.807) is 39.6 Å². The van der Waals surface area contributed by atoms with Crippen LogP contribution in [0.2, 0.25) is 5.15 Å². The second kappa shape index (κ2) is 12.0. The number of nitrogens with zero attached hydrogens (tertiary/aromatic N) is 10. The summed E-state index contributed by atoms with van der Waals surface area (Å²) < 4.78 is 3.31. The third-order valence-corrected chi connectivity index (χ3v) is 8.07. The van der Waals surface area contributed by atoms with Gasteiger partial charge in [0, 0.05) is 56.6 Å². The van der Waals surface area contributed by atoms with Gasteiger partial charge in [0.2, 0.25) is 0 Å². The van der Waals surface area contributed by atoms with Crippen LogP contribution in [0.4, 0.5) is 23.3 Å². The van der Waals surface area contributed by atoms with Crippen LogP contribution in [0.1, 0.15) is 52.0 Å². The molecule has 0 aromatic carbocycles. The molecule has 0 unspecified atom stereocenters. The Hall–Kier alpha value is -5.29. The highest BCUT2D eigenvalue weighted by atomic mass is 35.5. The second-order valence-electron chi connectivity index (χ2n) is 11.2. The van der Waals surface area contributed by atoms with Crippen molar-refractivity contribution in [3.05, 3.63) is 64.7 Å². The molecule has 15 heteroatoms. The van der Waals surface area contributed by atoms with Crippen LogP contribution < -0.4 is 20.4 Å². The summed E-state index contributed by atoms with van der Waals surface area (Å²) in [7, 11) is 0. The Bertz CT molecular complexity index is 1930. The number of carbonyl (C=O) groups excluding carboxylic acids is 2. The van der Waals surface area contributed by atoms with Crippen LogP contribution in [-0.4, -0.2) is 85.0 Å². The van der Waals surface area contributed by atoms with Gasteiger partial charge in [0.05, 0.1) is 29.1 Å². The largest absolute Gasteiger partial charge is 0.367 e. The molecule has 0 atom stereocenters. The van der Waals surface area contributed by atoms with Crippen molar-refractivity contribution in [3.63, 3.8) is 0 Å². The number of halogens is 1. The Morgan fingerprint density at radius 3 is 2.00 bits per heavy atom. The van der Waals surface area contributed by atoms with Gasteiger partial charge in [-0.2, -0.15) is 24.5 Å². The summed E-state index contributed by atoms with van der Waals surface area (Å²) in [4.78, 5) is 39.7. The highest BCUT2D eigenvalue weighted by molar-refractivity contribution is 6.29. The number of nitrogens with one attached hydrogen (secondary N) is 2. The van der Waals surface area contributed by atoms with Gasteiger partial charge in [0.15, 0.2) is 23.9 Å². The lowest BCUT2D eigenvalue weighted by Crippen LogP contribution is -2.47. The van der Waals surface area contributed by atoms with Crippen molar-refractivity contribution in [2.75, 3.05) is 46.6 Å². The van der Waals surface area contributed by atoms with Crippen molar-refractivity contribution in [1.82, 2.24) is 34.2 Å². The lowest BCUT2D eigenvalue weighted by Gasteiger charge is -2.36. The van der Waals surface area contributed by atoms with Crippen molar-refractivity contribution in [3.8, 4) is 6.07 Å². The Labute approximate surface area is 262 Å². The van der Waals surface area contributed by atoms with Gasteiger partial charge in [0.25, 0.3) is 0 Å². The van der Waals surface area contributed by atoms with Crippen molar-refractivity contribution < 1.29 is 9.59 Å². The number of rotatable bonds is 8. The van der Waals surface area contributed by atoms with E-state index >= 15 is 0 Å². The monoisotopic (exact) mass is 624 g/mol. The van der Waals surface area contributed by atoms with Crippen molar-refractivity contribution in [2.45, 2.75) is 37.8 Å². The topological polar surface area (TPSA) is 162 Å². The van der Waals surface area contributed by atoms with E-state index in [0.717, 1.165) is 87.7 Å². The zero-order valence-corrected chi connectivity index (χ0v) is 24.9. The van der Waals surface area contributed by atoms with Crippen molar-refractivity contribution >= 4 is 58.7 Å². The minimum Gasteiger partial charge on any atom is -0.367 e. The van der Waals surface area contributed by atoms with Crippen molar-refractivity contribution in [2.24, 2.45) is 0 Å². The van der Waals surface area contributed by atoms with Crippen LogP contribution >= 0.6 is 11.6 Å². The van der Waals surface area contributed by atoms with Crippen LogP contribution in [0.3, 0.4) is 0 Å². The SMILES string of the molecule is N#Cc1cccnc1N1CCN(c2cc(NC3CC3)n3ncc(C=O)c3n2)CC1.O=Cc1cnn2c(NC3CC3)cc(Cl)nc12. The zero-order valence-electron chi connectivity index (χ0n) is 24.2. The van der Waals surface area contributed by atoms with Gasteiger partial charge in [0.1, 0.15) is 34.5 Å². The fourth-order valence-corrected chi connectivity index (χ4v) is 5.39. The van der Waals surface area contributed by atoms with Crippen LogP contribution in [0.15, 0.2) is 42.9 Å². The van der Waals surface area contributed by atoms with Gasteiger partial charge in [-0.1, -0.05) is 11.6 Å². The minimum absolute atomic E-state index is 0.360. The van der Waals surface area contributed by atoms with Gasteiger partial charge < -0.3 is 20.4 Å². The summed E-state index contributed by atoms with van der Waals surface area (Å²) in [6, 6.07) is 10.5. The van der Waals surface area contributed by atoms with E-state index in [2.05, 4.69) is 46.7 Å². The average molecular weight is 625 g/mol. The number of anilines is 4. The Balaban J connectivity index is 0.000000171. The summed E-state index contributed by atoms with van der Waals surface area (Å²) in [5.41, 5.74) is 2.58. The molecule has 2 aliphatic carbocycles. The molecular weight excluding hydrogens is 596 g/mol. The number of pyridine rings is 1. The molecule has 8 rings (SSSR count). The predicted molar refractivity (Wildman–Crippen MR) is 168 cm³/mol. The summed E-state index contributed by atoms with van der Waals surface area (Å²) >= 11 is 5.91. The Morgan fingerprint density at radius 2 is 1.42 bits per heavy atom. The standard InChI is InChI=1S/C20H20N8O.C10H9ClN4O/c21-11-14-2-1-5-22-19(14)27-8-6-26(7-9-27)17-10-18(24-16-3-4-16)28-20(25-17)15(13-29)12-23-28;11-8-3-9(13-7-1-2-7)15-10(14-8)6(5-16)4-12-15/h1-2,5,10,12-13,16,24H,3-4,6-9H2;3-5,7,13H,1-2H2. The highest BCUT2D eigenvalue weighted by Crippen LogP contribution is 2.29. The molecule has 2 N–H and O–H groups in total. The van der Waals surface area contributed by atoms with Crippen LogP contribution in [0.5, 0.6) is 0 Å². The van der Waals surface area contributed by atoms with E-state index in [1.807, 2.05) is 6.07 Å². The minimum atomic E-state index is 0.360. The third kappa shape index (κ3) is 5.94. The van der Waals surface area contributed by atoms with Gasteiger partial charge in [-0.3, -0.25) is 9.59 Å². The van der Waals surface area contributed by atoms with Crippen LogP contribution in [-0.2, 0) is 0 Å². The number of hydrogen-bond donors (Lipinski definition) is 2. The molecule has 45 heavy (non-hydrogen) atoms. The molecule has 2 saturated carbocycles. The molecule has 3 fully saturated rings. The molecule has 0 amide bonds. The second-order valence-corrected chi connectivity index (χ2v) is 11.6. The summed E-state index contributed by atoms with van der Waals surface area (Å²) in [6.45, 7) is 2.98. The number of carbonyl (C=O) groups is 2. The van der Waals surface area contributed by atoms with E-state index in [-0.39, 0.29) is 0 Å². The Morgan fingerprint density at radius 1 is 0.844 bits per heavy atom. The van der Waals surface area contributed by atoms with Crippen molar-refractivity contribution in [1.29, 1.82) is 5.26 Å². The molecule has 0 radical (unpaired) electrons. The number of aromatic nitrogens is 7. The van der Waals surface area contributed by atoms with Gasteiger partial charge in [-0.25, -0.2) is 15.0 Å².